The van der Waals surface area contributed by atoms with Crippen LogP contribution in [0.4, 0.5) is 0 Å². The molecule has 0 aliphatic carbocycles. The number of ether oxygens (including phenoxy) is 1. The molecule has 0 aromatic carbocycles. The number of esters is 1. The summed E-state index contributed by atoms with van der Waals surface area (Å²) in [6.07, 6.45) is -1.77. The number of aliphatic hydroxyl groups excluding tert-OH is 1. The number of aliphatic hydroxyl groups is 2. The van der Waals surface area contributed by atoms with E-state index in [0.717, 1.165) is 0 Å². The zero-order chi connectivity index (χ0) is 11.4. The molecular weight excluding hydrogens is 186 g/mol. The highest BCUT2D eigenvalue weighted by Crippen LogP contribution is 2.12. The van der Waals surface area contributed by atoms with Crippen molar-refractivity contribution in [3.05, 3.63) is 0 Å². The Labute approximate surface area is 83.9 Å². The maximum Gasteiger partial charge on any atom is 0.335 e. The quantitative estimate of drug-likeness (QED) is 0.521. The summed E-state index contributed by atoms with van der Waals surface area (Å²) in [6.45, 7) is 4.86. The van der Waals surface area contributed by atoms with Gasteiger partial charge in [-0.15, -0.1) is 0 Å². The second-order valence-electron chi connectivity index (χ2n) is 4.02. The van der Waals surface area contributed by atoms with Crippen molar-refractivity contribution < 1.29 is 19.7 Å². The monoisotopic (exact) mass is 205 g/mol. The van der Waals surface area contributed by atoms with Crippen LogP contribution in [0.15, 0.2) is 0 Å². The first-order valence-electron chi connectivity index (χ1n) is 4.57. The van der Waals surface area contributed by atoms with E-state index in [1.807, 2.05) is 0 Å². The molecule has 84 valence electrons. The normalized spacial score (nSPS) is 16.1. The molecule has 2 unspecified atom stereocenters. The number of carbonyl (C=O) groups excluding carboxylic acids is 1. The summed E-state index contributed by atoms with van der Waals surface area (Å²) < 4.78 is 4.78. The largest absolute Gasteiger partial charge is 0.459 e. The predicted molar refractivity (Wildman–Crippen MR) is 51.5 cm³/mol. The van der Waals surface area contributed by atoms with Crippen LogP contribution in [0.1, 0.15) is 27.2 Å². The van der Waals surface area contributed by atoms with Crippen molar-refractivity contribution in [1.29, 1.82) is 0 Å². The fourth-order valence-corrected chi connectivity index (χ4v) is 0.881. The zero-order valence-electron chi connectivity index (χ0n) is 8.86. The lowest BCUT2D eigenvalue weighted by molar-refractivity contribution is -0.160. The smallest absolute Gasteiger partial charge is 0.335 e. The van der Waals surface area contributed by atoms with Crippen LogP contribution in [0.2, 0.25) is 0 Å². The van der Waals surface area contributed by atoms with Crippen molar-refractivity contribution in [2.24, 2.45) is 5.73 Å². The van der Waals surface area contributed by atoms with Crippen molar-refractivity contribution in [3.63, 3.8) is 0 Å². The van der Waals surface area contributed by atoms with Gasteiger partial charge in [-0.05, 0) is 20.8 Å². The van der Waals surface area contributed by atoms with E-state index in [2.05, 4.69) is 0 Å². The molecule has 5 heteroatoms. The third-order valence-corrected chi connectivity index (χ3v) is 1.61. The molecule has 0 saturated heterocycles. The molecule has 0 spiro atoms. The number of carbonyl (C=O) groups is 1. The summed E-state index contributed by atoms with van der Waals surface area (Å²) in [6, 6.07) is 0. The fraction of sp³-hybridized carbons (Fsp3) is 0.889. The molecule has 0 aromatic heterocycles. The van der Waals surface area contributed by atoms with Crippen molar-refractivity contribution >= 4 is 5.97 Å². The Morgan fingerprint density at radius 1 is 1.57 bits per heavy atom. The molecule has 0 saturated carbocycles. The molecule has 0 radical (unpaired) electrons. The van der Waals surface area contributed by atoms with Crippen molar-refractivity contribution in [3.8, 4) is 0 Å². The Hall–Kier alpha value is -0.650. The highest BCUT2D eigenvalue weighted by molar-refractivity contribution is 5.74. The van der Waals surface area contributed by atoms with Crippen LogP contribution in [0, 0.1) is 0 Å². The Morgan fingerprint density at radius 3 is 2.43 bits per heavy atom. The minimum absolute atomic E-state index is 0.0525. The average molecular weight is 205 g/mol. The van der Waals surface area contributed by atoms with E-state index in [9.17, 15) is 15.0 Å². The molecule has 0 bridgehead atoms. The summed E-state index contributed by atoms with van der Waals surface area (Å²) >= 11 is 0. The fourth-order valence-electron chi connectivity index (χ4n) is 0.881. The summed E-state index contributed by atoms with van der Waals surface area (Å²) in [7, 11) is 0. The first-order chi connectivity index (χ1) is 6.26. The van der Waals surface area contributed by atoms with E-state index in [-0.39, 0.29) is 13.0 Å². The number of hydrogen-bond acceptors (Lipinski definition) is 5. The average Bonchev–Trinajstić information content (AvgIpc) is 2.00. The Kier molecular flexibility index (Phi) is 5.04. The van der Waals surface area contributed by atoms with Crippen LogP contribution < -0.4 is 5.73 Å². The lowest BCUT2D eigenvalue weighted by Crippen LogP contribution is -2.35. The molecule has 4 N–H and O–H groups in total. The second kappa shape index (κ2) is 5.29. The Bertz CT molecular complexity index is 188. The van der Waals surface area contributed by atoms with Gasteiger partial charge in [0.15, 0.2) is 6.10 Å². The third-order valence-electron chi connectivity index (χ3n) is 1.61. The van der Waals surface area contributed by atoms with Gasteiger partial charge < -0.3 is 20.7 Å². The summed E-state index contributed by atoms with van der Waals surface area (Å²) in [5, 5.41) is 18.7. The number of rotatable bonds is 5. The minimum Gasteiger partial charge on any atom is -0.459 e. The van der Waals surface area contributed by atoms with E-state index in [1.165, 1.54) is 13.8 Å². The topological polar surface area (TPSA) is 92.8 Å². The van der Waals surface area contributed by atoms with Gasteiger partial charge in [0.1, 0.15) is 6.10 Å². The van der Waals surface area contributed by atoms with Gasteiger partial charge in [-0.3, -0.25) is 0 Å². The molecular formula is C9H19NO4. The van der Waals surface area contributed by atoms with Crippen LogP contribution >= 0.6 is 0 Å². The van der Waals surface area contributed by atoms with E-state index in [4.69, 9.17) is 10.5 Å². The van der Waals surface area contributed by atoms with E-state index >= 15 is 0 Å². The van der Waals surface area contributed by atoms with Gasteiger partial charge >= 0.3 is 5.97 Å². The molecule has 5 nitrogen and oxygen atoms in total. The third kappa shape index (κ3) is 5.90. The molecule has 2 atom stereocenters. The molecule has 0 aliphatic rings. The molecule has 0 aromatic rings. The number of hydrogen-bond donors (Lipinski definition) is 3. The van der Waals surface area contributed by atoms with Gasteiger partial charge in [0.05, 0.1) is 5.60 Å². The second-order valence-corrected chi connectivity index (χ2v) is 4.02. The molecule has 0 aliphatic heterocycles. The highest BCUT2D eigenvalue weighted by Gasteiger charge is 2.26. The van der Waals surface area contributed by atoms with E-state index < -0.39 is 23.8 Å². The lowest BCUT2D eigenvalue weighted by Gasteiger charge is -2.21. The van der Waals surface area contributed by atoms with Crippen LogP contribution in [-0.4, -0.2) is 40.5 Å². The van der Waals surface area contributed by atoms with Gasteiger partial charge in [-0.25, -0.2) is 4.79 Å². The number of nitrogens with two attached hydrogens (primary N) is 1. The highest BCUT2D eigenvalue weighted by atomic mass is 16.6. The molecule has 0 amide bonds. The zero-order valence-corrected chi connectivity index (χ0v) is 8.86. The standard InChI is InChI=1S/C9H19NO4/c1-6(5-10)14-8(12)7(11)4-9(2,3)13/h6-7,11,13H,4-5,10H2,1-3H3. The lowest BCUT2D eigenvalue weighted by atomic mass is 10.0. The molecule has 14 heavy (non-hydrogen) atoms. The first-order valence-corrected chi connectivity index (χ1v) is 4.57. The molecule has 0 rings (SSSR count). The van der Waals surface area contributed by atoms with E-state index in [0.29, 0.717) is 0 Å². The Morgan fingerprint density at radius 2 is 2.07 bits per heavy atom. The summed E-state index contributed by atoms with van der Waals surface area (Å²) in [5.41, 5.74) is 4.15. The minimum atomic E-state index is -1.30. The van der Waals surface area contributed by atoms with Gasteiger partial charge in [0.2, 0.25) is 0 Å². The maximum atomic E-state index is 11.2. The van der Waals surface area contributed by atoms with Crippen LogP contribution in [0.25, 0.3) is 0 Å². The van der Waals surface area contributed by atoms with Gasteiger partial charge in [-0.2, -0.15) is 0 Å². The van der Waals surface area contributed by atoms with Gasteiger partial charge in [0.25, 0.3) is 0 Å². The Balaban J connectivity index is 4.00. The summed E-state index contributed by atoms with van der Waals surface area (Å²) in [5.74, 6) is -0.745. The van der Waals surface area contributed by atoms with Crippen LogP contribution in [0.5, 0.6) is 0 Å². The van der Waals surface area contributed by atoms with Crippen molar-refractivity contribution in [2.45, 2.75) is 45.0 Å². The predicted octanol–water partition coefficient (Wildman–Crippen LogP) is -0.601. The summed E-state index contributed by atoms with van der Waals surface area (Å²) in [4.78, 5) is 11.2. The maximum absolute atomic E-state index is 11.2. The van der Waals surface area contributed by atoms with Gasteiger partial charge in [0, 0.05) is 13.0 Å². The van der Waals surface area contributed by atoms with Crippen LogP contribution in [0.3, 0.4) is 0 Å². The molecule has 0 heterocycles. The SMILES string of the molecule is CC(CN)OC(=O)C(O)CC(C)(C)O. The van der Waals surface area contributed by atoms with Gasteiger partial charge in [-0.1, -0.05) is 0 Å². The molecule has 0 fully saturated rings. The van der Waals surface area contributed by atoms with Crippen LogP contribution in [-0.2, 0) is 9.53 Å². The first kappa shape index (κ1) is 13.4. The van der Waals surface area contributed by atoms with Crippen molar-refractivity contribution in [1.82, 2.24) is 0 Å². The van der Waals surface area contributed by atoms with Crippen molar-refractivity contribution in [2.75, 3.05) is 6.54 Å². The van der Waals surface area contributed by atoms with E-state index in [1.54, 1.807) is 6.92 Å².